The van der Waals surface area contributed by atoms with Gasteiger partial charge in [0.05, 0.1) is 24.1 Å². The molecule has 1 heterocycles. The number of hydrogen-bond acceptors (Lipinski definition) is 4. The van der Waals surface area contributed by atoms with Gasteiger partial charge in [-0.25, -0.2) is 8.42 Å². The number of carbonyl (C=O) groups is 1. The SMILES string of the molecule is Cc1ccc(Cl)cc1NCC(=O)N(c1ccccc1)[C@H]1CCS(=O)(=O)C1. The average Bonchev–Trinajstić information content (AvgIpc) is 2.96. The first-order chi connectivity index (χ1) is 12.4. The van der Waals surface area contributed by atoms with Gasteiger partial charge in [-0.1, -0.05) is 35.9 Å². The molecule has 0 aliphatic carbocycles. The first-order valence-corrected chi connectivity index (χ1v) is 10.6. The molecule has 0 saturated carbocycles. The third-order valence-corrected chi connectivity index (χ3v) is 6.49. The van der Waals surface area contributed by atoms with Crippen molar-refractivity contribution < 1.29 is 13.2 Å². The number of hydrogen-bond donors (Lipinski definition) is 1. The Morgan fingerprint density at radius 3 is 2.62 bits per heavy atom. The second kappa shape index (κ2) is 7.68. The van der Waals surface area contributed by atoms with Crippen molar-refractivity contribution in [2.24, 2.45) is 0 Å². The van der Waals surface area contributed by atoms with E-state index in [-0.39, 0.29) is 30.0 Å². The Labute approximate surface area is 158 Å². The Kier molecular flexibility index (Phi) is 5.53. The highest BCUT2D eigenvalue weighted by Crippen LogP contribution is 2.25. The van der Waals surface area contributed by atoms with E-state index in [2.05, 4.69) is 5.32 Å². The van der Waals surface area contributed by atoms with E-state index < -0.39 is 9.84 Å². The van der Waals surface area contributed by atoms with Crippen LogP contribution >= 0.6 is 11.6 Å². The number of carbonyl (C=O) groups excluding carboxylic acids is 1. The lowest BCUT2D eigenvalue weighted by atomic mass is 10.1. The Morgan fingerprint density at radius 1 is 1.23 bits per heavy atom. The van der Waals surface area contributed by atoms with E-state index in [1.165, 1.54) is 0 Å². The third kappa shape index (κ3) is 4.37. The number of sulfone groups is 1. The molecule has 0 aromatic heterocycles. The van der Waals surface area contributed by atoms with Gasteiger partial charge >= 0.3 is 0 Å². The van der Waals surface area contributed by atoms with Gasteiger partial charge in [-0.15, -0.1) is 0 Å². The minimum absolute atomic E-state index is 0.00380. The second-order valence-corrected chi connectivity index (χ2v) is 9.13. The van der Waals surface area contributed by atoms with Crippen molar-refractivity contribution in [1.29, 1.82) is 0 Å². The van der Waals surface area contributed by atoms with Crippen LogP contribution in [0.25, 0.3) is 0 Å². The zero-order valence-corrected chi connectivity index (χ0v) is 16.1. The molecule has 1 amide bonds. The maximum Gasteiger partial charge on any atom is 0.246 e. The summed E-state index contributed by atoms with van der Waals surface area (Å²) in [5.41, 5.74) is 2.49. The van der Waals surface area contributed by atoms with Crippen LogP contribution in [0.3, 0.4) is 0 Å². The molecule has 0 radical (unpaired) electrons. The fraction of sp³-hybridized carbons (Fsp3) is 0.316. The molecule has 138 valence electrons. The van der Waals surface area contributed by atoms with E-state index >= 15 is 0 Å². The van der Waals surface area contributed by atoms with E-state index in [0.717, 1.165) is 11.3 Å². The molecule has 5 nitrogen and oxygen atoms in total. The highest BCUT2D eigenvalue weighted by molar-refractivity contribution is 7.91. The molecule has 1 N–H and O–H groups in total. The molecule has 1 fully saturated rings. The summed E-state index contributed by atoms with van der Waals surface area (Å²) in [7, 11) is -3.09. The highest BCUT2D eigenvalue weighted by Gasteiger charge is 2.35. The van der Waals surface area contributed by atoms with Gasteiger partial charge in [-0.2, -0.15) is 0 Å². The number of para-hydroxylation sites is 1. The third-order valence-electron chi connectivity index (χ3n) is 4.51. The summed E-state index contributed by atoms with van der Waals surface area (Å²) < 4.78 is 23.8. The van der Waals surface area contributed by atoms with Crippen molar-refractivity contribution in [3.05, 3.63) is 59.1 Å². The van der Waals surface area contributed by atoms with Gasteiger partial charge in [0.15, 0.2) is 9.84 Å². The lowest BCUT2D eigenvalue weighted by Gasteiger charge is -2.29. The van der Waals surface area contributed by atoms with Crippen LogP contribution in [0, 0.1) is 6.92 Å². The standard InChI is InChI=1S/C19H21ClN2O3S/c1-14-7-8-15(20)11-18(14)21-12-19(23)22(16-5-3-2-4-6-16)17-9-10-26(24,25)13-17/h2-8,11,17,21H,9-10,12-13H2,1H3/t17-/m0/s1. The smallest absolute Gasteiger partial charge is 0.246 e. The van der Waals surface area contributed by atoms with Crippen LogP contribution in [-0.4, -0.2) is 38.4 Å². The summed E-state index contributed by atoms with van der Waals surface area (Å²) in [6, 6.07) is 14.3. The fourth-order valence-corrected chi connectivity index (χ4v) is 5.04. The summed E-state index contributed by atoms with van der Waals surface area (Å²) in [4.78, 5) is 14.6. The Bertz CT molecular complexity index is 900. The van der Waals surface area contributed by atoms with Crippen molar-refractivity contribution in [3.63, 3.8) is 0 Å². The first kappa shape index (κ1) is 18.7. The average molecular weight is 393 g/mol. The normalized spacial score (nSPS) is 18.5. The van der Waals surface area contributed by atoms with Crippen LogP contribution in [0.4, 0.5) is 11.4 Å². The number of nitrogens with one attached hydrogen (secondary N) is 1. The lowest BCUT2D eigenvalue weighted by molar-refractivity contribution is -0.117. The van der Waals surface area contributed by atoms with Gasteiger partial charge in [-0.05, 0) is 43.2 Å². The molecule has 26 heavy (non-hydrogen) atoms. The fourth-order valence-electron chi connectivity index (χ4n) is 3.17. The van der Waals surface area contributed by atoms with Crippen molar-refractivity contribution in [1.82, 2.24) is 0 Å². The van der Waals surface area contributed by atoms with Crippen molar-refractivity contribution in [3.8, 4) is 0 Å². The number of nitrogens with zero attached hydrogens (tertiary/aromatic N) is 1. The number of rotatable bonds is 5. The number of halogens is 1. The van der Waals surface area contributed by atoms with Crippen LogP contribution in [-0.2, 0) is 14.6 Å². The topological polar surface area (TPSA) is 66.5 Å². The van der Waals surface area contributed by atoms with Crippen molar-refractivity contribution in [2.45, 2.75) is 19.4 Å². The predicted molar refractivity (Wildman–Crippen MR) is 106 cm³/mol. The van der Waals surface area contributed by atoms with Crippen LogP contribution in [0.15, 0.2) is 48.5 Å². The molecule has 0 bridgehead atoms. The van der Waals surface area contributed by atoms with Gasteiger partial charge in [-0.3, -0.25) is 4.79 Å². The molecule has 1 saturated heterocycles. The lowest BCUT2D eigenvalue weighted by Crippen LogP contribution is -2.44. The summed E-state index contributed by atoms with van der Waals surface area (Å²) >= 11 is 6.02. The zero-order valence-electron chi connectivity index (χ0n) is 14.5. The molecule has 7 heteroatoms. The Balaban J connectivity index is 1.80. The van der Waals surface area contributed by atoms with Crippen LogP contribution in [0.1, 0.15) is 12.0 Å². The monoisotopic (exact) mass is 392 g/mol. The van der Waals surface area contributed by atoms with Crippen LogP contribution < -0.4 is 10.2 Å². The molecule has 1 aliphatic rings. The summed E-state index contributed by atoms with van der Waals surface area (Å²) in [5.74, 6) is -0.0449. The van der Waals surface area contributed by atoms with E-state index in [1.807, 2.05) is 43.3 Å². The van der Waals surface area contributed by atoms with Gasteiger partial charge in [0.1, 0.15) is 0 Å². The molecule has 0 unspecified atom stereocenters. The van der Waals surface area contributed by atoms with Crippen LogP contribution in [0.2, 0.25) is 5.02 Å². The summed E-state index contributed by atoms with van der Waals surface area (Å²) in [5, 5.41) is 3.71. The van der Waals surface area contributed by atoms with Gasteiger partial charge in [0.2, 0.25) is 5.91 Å². The molecule has 1 atom stereocenters. The van der Waals surface area contributed by atoms with Crippen LogP contribution in [0.5, 0.6) is 0 Å². The Hall–Kier alpha value is -2.05. The predicted octanol–water partition coefficient (Wildman–Crippen LogP) is 3.28. The van der Waals surface area contributed by atoms with Gasteiger partial charge in [0.25, 0.3) is 0 Å². The van der Waals surface area contributed by atoms with Crippen molar-refractivity contribution in [2.75, 3.05) is 28.3 Å². The second-order valence-electron chi connectivity index (χ2n) is 6.47. The molecule has 2 aromatic rings. The Morgan fingerprint density at radius 2 is 1.96 bits per heavy atom. The zero-order chi connectivity index (χ0) is 18.7. The van der Waals surface area contributed by atoms with Gasteiger partial charge in [0, 0.05) is 16.4 Å². The molecule has 0 spiro atoms. The quantitative estimate of drug-likeness (QED) is 0.847. The minimum atomic E-state index is -3.09. The molecular formula is C19H21ClN2O3S. The minimum Gasteiger partial charge on any atom is -0.376 e. The number of amides is 1. The first-order valence-electron chi connectivity index (χ1n) is 8.43. The number of benzene rings is 2. The van der Waals surface area contributed by atoms with E-state index in [9.17, 15) is 13.2 Å². The molecule has 1 aliphatic heterocycles. The summed E-state index contributed by atoms with van der Waals surface area (Å²) in [6.45, 7) is 1.99. The molecule has 3 rings (SSSR count). The number of aryl methyl sites for hydroxylation is 1. The summed E-state index contributed by atoms with van der Waals surface area (Å²) in [6.07, 6.45) is 0.458. The maximum atomic E-state index is 12.9. The molecule has 2 aromatic carbocycles. The molecular weight excluding hydrogens is 372 g/mol. The van der Waals surface area contributed by atoms with Gasteiger partial charge < -0.3 is 10.2 Å². The number of anilines is 2. The largest absolute Gasteiger partial charge is 0.376 e. The van der Waals surface area contributed by atoms with E-state index in [4.69, 9.17) is 11.6 Å². The maximum absolute atomic E-state index is 12.9. The van der Waals surface area contributed by atoms with E-state index in [0.29, 0.717) is 17.1 Å². The highest BCUT2D eigenvalue weighted by atomic mass is 35.5. The van der Waals surface area contributed by atoms with E-state index in [1.54, 1.807) is 17.0 Å². The van der Waals surface area contributed by atoms with Crippen molar-refractivity contribution >= 4 is 38.7 Å².